The number of anilines is 3. The van der Waals surface area contributed by atoms with Gasteiger partial charge in [-0.15, -0.1) is 0 Å². The molecule has 0 amide bonds. The Morgan fingerprint density at radius 1 is 1.06 bits per heavy atom. The van der Waals surface area contributed by atoms with Crippen LogP contribution in [-0.4, -0.2) is 91.9 Å². The highest BCUT2D eigenvalue weighted by atomic mass is 32.2. The molecule has 1 aromatic carbocycles. The van der Waals surface area contributed by atoms with Crippen molar-refractivity contribution in [1.29, 1.82) is 0 Å². The lowest BCUT2D eigenvalue weighted by molar-refractivity contribution is -0.136. The standard InChI is InChI=1S/C34H43F4N9OS/c1-5-7-24(46-18-16-45(2)17-19-46)14-15-39-27-13-12-23(20-26(27)34(36,37)38)41-33-40-21-25-30(35)31(22-10-11-22)47(32(25)43-33)29-9-6-8-28(42-29)44-49(3,4)48/h6,8-9,12-13,20-22,24,39H,5,7,10-11,14-19H2,1-4H3,(H,40,41,43). The first-order valence-corrected chi connectivity index (χ1v) is 19.0. The Balaban J connectivity index is 1.26. The molecule has 1 saturated heterocycles. The second kappa shape index (κ2) is 14.2. The summed E-state index contributed by atoms with van der Waals surface area (Å²) in [6.07, 6.45) is 4.06. The van der Waals surface area contributed by atoms with E-state index in [2.05, 4.69) is 53.7 Å². The predicted octanol–water partition coefficient (Wildman–Crippen LogP) is 7.17. The first kappa shape index (κ1) is 35.0. The molecule has 1 saturated carbocycles. The Morgan fingerprint density at radius 3 is 2.49 bits per heavy atom. The number of piperazine rings is 1. The molecule has 2 fully saturated rings. The van der Waals surface area contributed by atoms with Gasteiger partial charge in [-0.1, -0.05) is 19.4 Å². The van der Waals surface area contributed by atoms with E-state index >= 15 is 4.39 Å². The molecule has 4 aromatic rings. The molecule has 3 aromatic heterocycles. The van der Waals surface area contributed by atoms with E-state index in [-0.39, 0.29) is 40.1 Å². The van der Waals surface area contributed by atoms with Crippen molar-refractivity contribution in [2.45, 2.75) is 57.2 Å². The quantitative estimate of drug-likeness (QED) is 0.150. The smallest absolute Gasteiger partial charge is 0.384 e. The summed E-state index contributed by atoms with van der Waals surface area (Å²) in [5, 5.41) is 6.11. The van der Waals surface area contributed by atoms with E-state index in [4.69, 9.17) is 0 Å². The second-order valence-corrected chi connectivity index (χ2v) is 15.8. The van der Waals surface area contributed by atoms with Gasteiger partial charge in [0.25, 0.3) is 0 Å². The molecule has 4 heterocycles. The van der Waals surface area contributed by atoms with E-state index in [9.17, 15) is 17.4 Å². The number of hydrogen-bond donors (Lipinski definition) is 2. The minimum absolute atomic E-state index is 0.00277. The van der Waals surface area contributed by atoms with Gasteiger partial charge in [0, 0.05) is 84.5 Å². The maximum atomic E-state index is 15.8. The zero-order valence-electron chi connectivity index (χ0n) is 28.2. The van der Waals surface area contributed by atoms with Crippen molar-refractivity contribution < 1.29 is 21.8 Å². The number of halogens is 4. The Kier molecular flexibility index (Phi) is 10.1. The molecule has 1 unspecified atom stereocenters. The number of nitrogens with one attached hydrogen (secondary N) is 2. The summed E-state index contributed by atoms with van der Waals surface area (Å²) in [4.78, 5) is 18.1. The van der Waals surface area contributed by atoms with Crippen LogP contribution >= 0.6 is 0 Å². The number of likely N-dealkylation sites (N-methyl/N-ethyl adjacent to an activating group) is 1. The third-order valence-corrected chi connectivity index (χ3v) is 9.59. The number of benzene rings is 1. The van der Waals surface area contributed by atoms with E-state index < -0.39 is 27.3 Å². The van der Waals surface area contributed by atoms with Gasteiger partial charge in [0.15, 0.2) is 17.3 Å². The fourth-order valence-corrected chi connectivity index (χ4v) is 6.97. The van der Waals surface area contributed by atoms with E-state index in [0.29, 0.717) is 24.1 Å². The zero-order chi connectivity index (χ0) is 34.9. The molecule has 10 nitrogen and oxygen atoms in total. The predicted molar refractivity (Wildman–Crippen MR) is 186 cm³/mol. The number of alkyl halides is 3. The van der Waals surface area contributed by atoms with E-state index in [1.54, 1.807) is 28.8 Å². The third-order valence-electron chi connectivity index (χ3n) is 8.96. The summed E-state index contributed by atoms with van der Waals surface area (Å²) >= 11 is 0. The van der Waals surface area contributed by atoms with Crippen molar-refractivity contribution in [3.63, 3.8) is 0 Å². The van der Waals surface area contributed by atoms with Crippen molar-refractivity contribution in [1.82, 2.24) is 29.3 Å². The Labute approximate surface area is 284 Å². The van der Waals surface area contributed by atoms with Gasteiger partial charge < -0.3 is 15.5 Å². The van der Waals surface area contributed by atoms with Crippen LogP contribution in [0.15, 0.2) is 47.0 Å². The Bertz CT molecular complexity index is 1920. The molecule has 0 radical (unpaired) electrons. The molecule has 6 rings (SSSR count). The molecule has 2 N–H and O–H groups in total. The maximum Gasteiger partial charge on any atom is 0.418 e. The summed E-state index contributed by atoms with van der Waals surface area (Å²) in [6, 6.07) is 9.30. The molecule has 0 spiro atoms. The number of fused-ring (bicyclic) bond motifs is 1. The van der Waals surface area contributed by atoms with E-state index in [1.807, 2.05) is 0 Å². The SMILES string of the molecule is CCCC(CCNc1ccc(Nc2ncc3c(F)c(C4CC4)n(-c4cccc(N=S(C)(C)=O)n4)c3n2)cc1C(F)(F)F)N1CCN(C)CC1. The van der Waals surface area contributed by atoms with Crippen LogP contribution in [0.25, 0.3) is 16.9 Å². The lowest BCUT2D eigenvalue weighted by Crippen LogP contribution is -2.49. The Morgan fingerprint density at radius 2 is 1.82 bits per heavy atom. The van der Waals surface area contributed by atoms with Gasteiger partial charge in [0.05, 0.1) is 16.6 Å². The van der Waals surface area contributed by atoms with Crippen LogP contribution in [-0.2, 0) is 15.9 Å². The first-order chi connectivity index (χ1) is 23.3. The van der Waals surface area contributed by atoms with Crippen molar-refractivity contribution in [2.75, 3.05) is 62.9 Å². The maximum absolute atomic E-state index is 15.8. The topological polar surface area (TPSA) is 104 Å². The van der Waals surface area contributed by atoms with Crippen molar-refractivity contribution in [3.8, 4) is 5.82 Å². The van der Waals surface area contributed by atoms with E-state index in [0.717, 1.165) is 64.3 Å². The summed E-state index contributed by atoms with van der Waals surface area (Å²) in [5.74, 6) is 0.0729. The minimum atomic E-state index is -4.61. The van der Waals surface area contributed by atoms with Crippen LogP contribution in [0.1, 0.15) is 56.2 Å². The van der Waals surface area contributed by atoms with Gasteiger partial charge in [-0.25, -0.2) is 18.6 Å². The number of nitrogens with zero attached hydrogens (tertiary/aromatic N) is 7. The summed E-state index contributed by atoms with van der Waals surface area (Å²) in [7, 11) is -0.395. The van der Waals surface area contributed by atoms with Crippen molar-refractivity contribution in [2.24, 2.45) is 4.36 Å². The molecule has 49 heavy (non-hydrogen) atoms. The monoisotopic (exact) mass is 701 g/mol. The molecular weight excluding hydrogens is 658 g/mol. The van der Waals surface area contributed by atoms with Crippen LogP contribution in [0.3, 0.4) is 0 Å². The first-order valence-electron chi connectivity index (χ1n) is 16.7. The van der Waals surface area contributed by atoms with E-state index in [1.165, 1.54) is 24.8 Å². The molecule has 2 aliphatic rings. The zero-order valence-corrected chi connectivity index (χ0v) is 29.0. The lowest BCUT2D eigenvalue weighted by atomic mass is 10.0. The second-order valence-electron chi connectivity index (χ2n) is 13.2. The number of pyridine rings is 1. The van der Waals surface area contributed by atoms with Crippen LogP contribution in [0, 0.1) is 5.82 Å². The average Bonchev–Trinajstić information content (AvgIpc) is 3.84. The summed E-state index contributed by atoms with van der Waals surface area (Å²) < 4.78 is 76.9. The highest BCUT2D eigenvalue weighted by Gasteiger charge is 2.35. The molecule has 0 bridgehead atoms. The largest absolute Gasteiger partial charge is 0.418 e. The number of aromatic nitrogens is 4. The normalized spacial score (nSPS) is 17.0. The molecule has 1 atom stereocenters. The van der Waals surface area contributed by atoms with Crippen LogP contribution in [0.4, 0.5) is 40.7 Å². The fraction of sp³-hybridized carbons (Fsp3) is 0.500. The van der Waals surface area contributed by atoms with Gasteiger partial charge in [0.1, 0.15) is 5.82 Å². The van der Waals surface area contributed by atoms with Gasteiger partial charge in [0.2, 0.25) is 5.95 Å². The number of hydrogen-bond acceptors (Lipinski definition) is 9. The lowest BCUT2D eigenvalue weighted by Gasteiger charge is -2.38. The van der Waals surface area contributed by atoms with Gasteiger partial charge in [-0.05, 0) is 63.1 Å². The molecule has 15 heteroatoms. The molecular formula is C34H43F4N9OS. The van der Waals surface area contributed by atoms with Crippen molar-refractivity contribution in [3.05, 3.63) is 59.7 Å². The number of rotatable bonds is 12. The summed E-state index contributed by atoms with van der Waals surface area (Å²) in [6.45, 7) is 6.44. The highest BCUT2D eigenvalue weighted by molar-refractivity contribution is 7.92. The van der Waals surface area contributed by atoms with Gasteiger partial charge in [-0.2, -0.15) is 22.5 Å². The Hall–Kier alpha value is -3.82. The highest BCUT2D eigenvalue weighted by Crippen LogP contribution is 2.45. The molecule has 1 aliphatic heterocycles. The fourth-order valence-electron chi connectivity index (χ4n) is 6.41. The molecule has 264 valence electrons. The van der Waals surface area contributed by atoms with Gasteiger partial charge in [-0.3, -0.25) is 9.47 Å². The third kappa shape index (κ3) is 8.32. The van der Waals surface area contributed by atoms with Crippen LogP contribution in [0.2, 0.25) is 0 Å². The minimum Gasteiger partial charge on any atom is -0.384 e. The van der Waals surface area contributed by atoms with Crippen molar-refractivity contribution >= 4 is 43.9 Å². The van der Waals surface area contributed by atoms with Crippen LogP contribution < -0.4 is 10.6 Å². The molecule has 1 aliphatic carbocycles. The summed E-state index contributed by atoms with van der Waals surface area (Å²) in [5.41, 5.74) is -0.0366. The average molecular weight is 702 g/mol. The van der Waals surface area contributed by atoms with Crippen LogP contribution in [0.5, 0.6) is 0 Å². The van der Waals surface area contributed by atoms with Gasteiger partial charge >= 0.3 is 6.18 Å².